The average Bonchev–Trinajstić information content (AvgIpc) is 3.07. The van der Waals surface area contributed by atoms with Gasteiger partial charge in [-0.25, -0.2) is 0 Å². The number of hydrogen-bond acceptors (Lipinski definition) is 4. The molecule has 3 rings (SSSR count). The zero-order valence-electron chi connectivity index (χ0n) is 9.59. The molecule has 0 atom stereocenters. The van der Waals surface area contributed by atoms with Gasteiger partial charge in [-0.2, -0.15) is 10.2 Å². The fourth-order valence-corrected chi connectivity index (χ4v) is 1.85. The molecule has 0 aliphatic carbocycles. The fourth-order valence-electron chi connectivity index (χ4n) is 1.66. The lowest BCUT2D eigenvalue weighted by molar-refractivity contribution is 0.431. The number of benzene rings is 1. The van der Waals surface area contributed by atoms with Gasteiger partial charge >= 0.3 is 0 Å². The number of aromatic nitrogens is 3. The van der Waals surface area contributed by atoms with Gasteiger partial charge in [-0.1, -0.05) is 28.9 Å². The molecule has 1 N–H and O–H groups in total. The van der Waals surface area contributed by atoms with Gasteiger partial charge in [0, 0.05) is 10.6 Å². The van der Waals surface area contributed by atoms with Crippen molar-refractivity contribution in [1.82, 2.24) is 15.1 Å². The van der Waals surface area contributed by atoms with Crippen molar-refractivity contribution in [3.63, 3.8) is 0 Å². The van der Waals surface area contributed by atoms with Crippen molar-refractivity contribution >= 4 is 11.6 Å². The van der Waals surface area contributed by atoms with E-state index in [2.05, 4.69) is 15.1 Å². The Labute approximate surface area is 113 Å². The molecule has 1 aromatic carbocycles. The van der Waals surface area contributed by atoms with Crippen LogP contribution in [-0.2, 0) is 0 Å². The van der Waals surface area contributed by atoms with Crippen molar-refractivity contribution in [3.05, 3.63) is 47.1 Å². The van der Waals surface area contributed by atoms with Crippen LogP contribution in [0.15, 0.2) is 40.9 Å². The Bertz CT molecular complexity index is 769. The third-order valence-corrected chi connectivity index (χ3v) is 2.78. The van der Waals surface area contributed by atoms with Gasteiger partial charge < -0.3 is 9.51 Å². The topological polar surface area (TPSA) is 78.5 Å². The van der Waals surface area contributed by atoms with Crippen LogP contribution in [0.4, 0.5) is 0 Å². The molecule has 92 valence electrons. The first-order chi connectivity index (χ1) is 9.26. The predicted octanol–water partition coefficient (Wildman–Crippen LogP) is 3.26. The molecule has 0 aliphatic heterocycles. The van der Waals surface area contributed by atoms with Crippen molar-refractivity contribution < 1.29 is 4.52 Å². The Balaban J connectivity index is 1.97. The second-order valence-electron chi connectivity index (χ2n) is 3.83. The molecule has 0 unspecified atom stereocenters. The Morgan fingerprint density at radius 1 is 1.26 bits per heavy atom. The van der Waals surface area contributed by atoms with Gasteiger partial charge in [0.25, 0.3) is 5.89 Å². The van der Waals surface area contributed by atoms with Crippen molar-refractivity contribution in [1.29, 1.82) is 5.26 Å². The first-order valence-electron chi connectivity index (χ1n) is 5.45. The van der Waals surface area contributed by atoms with Gasteiger partial charge in [-0.05, 0) is 24.3 Å². The molecular weight excluding hydrogens is 264 g/mol. The highest BCUT2D eigenvalue weighted by Gasteiger charge is 2.12. The van der Waals surface area contributed by atoms with E-state index < -0.39 is 0 Å². The molecule has 0 aliphatic rings. The highest BCUT2D eigenvalue weighted by atomic mass is 35.5. The van der Waals surface area contributed by atoms with Gasteiger partial charge in [0.2, 0.25) is 5.82 Å². The smallest absolute Gasteiger partial charge is 0.274 e. The summed E-state index contributed by atoms with van der Waals surface area (Å²) in [5.41, 5.74) is 1.82. The second kappa shape index (κ2) is 4.59. The maximum absolute atomic E-state index is 8.75. The van der Waals surface area contributed by atoms with Gasteiger partial charge in [0.05, 0.1) is 0 Å². The Morgan fingerprint density at radius 2 is 2.16 bits per heavy atom. The number of hydrogen-bond donors (Lipinski definition) is 1. The molecule has 0 spiro atoms. The SMILES string of the molecule is N#Cc1ccc(-c2nc(-c3cccc(Cl)c3)no2)[nH]1. The van der Waals surface area contributed by atoms with Crippen LogP contribution < -0.4 is 0 Å². The van der Waals surface area contributed by atoms with Crippen LogP contribution in [0.2, 0.25) is 5.02 Å². The summed E-state index contributed by atoms with van der Waals surface area (Å²) in [5, 5.41) is 13.2. The Morgan fingerprint density at radius 3 is 2.89 bits per heavy atom. The van der Waals surface area contributed by atoms with E-state index in [0.29, 0.717) is 28.1 Å². The van der Waals surface area contributed by atoms with E-state index in [-0.39, 0.29) is 0 Å². The summed E-state index contributed by atoms with van der Waals surface area (Å²) < 4.78 is 5.16. The quantitative estimate of drug-likeness (QED) is 0.775. The van der Waals surface area contributed by atoms with Gasteiger partial charge in [0.1, 0.15) is 17.5 Å². The molecule has 0 saturated heterocycles. The molecule has 0 amide bonds. The lowest BCUT2D eigenvalue weighted by Crippen LogP contribution is -1.81. The largest absolute Gasteiger partial charge is 0.342 e. The van der Waals surface area contributed by atoms with Crippen LogP contribution >= 0.6 is 11.6 Å². The van der Waals surface area contributed by atoms with E-state index in [0.717, 1.165) is 5.56 Å². The zero-order chi connectivity index (χ0) is 13.2. The molecule has 3 aromatic rings. The minimum absolute atomic E-state index is 0.330. The minimum Gasteiger partial charge on any atom is -0.342 e. The van der Waals surface area contributed by atoms with Crippen LogP contribution in [0.3, 0.4) is 0 Å². The maximum Gasteiger partial charge on any atom is 0.274 e. The summed E-state index contributed by atoms with van der Waals surface area (Å²) in [6.07, 6.45) is 0. The summed E-state index contributed by atoms with van der Waals surface area (Å²) in [7, 11) is 0. The van der Waals surface area contributed by atoms with Crippen LogP contribution in [0.5, 0.6) is 0 Å². The molecule has 2 heterocycles. The summed E-state index contributed by atoms with van der Waals surface area (Å²) in [5.74, 6) is 0.780. The number of aromatic amines is 1. The number of nitrogens with zero attached hydrogens (tertiary/aromatic N) is 3. The number of nitriles is 1. The second-order valence-corrected chi connectivity index (χ2v) is 4.27. The van der Waals surface area contributed by atoms with E-state index in [1.54, 1.807) is 24.3 Å². The first kappa shape index (κ1) is 11.5. The molecule has 0 radical (unpaired) electrons. The molecule has 0 saturated carbocycles. The summed E-state index contributed by atoms with van der Waals surface area (Å²) in [4.78, 5) is 7.13. The third-order valence-electron chi connectivity index (χ3n) is 2.55. The molecule has 2 aromatic heterocycles. The number of nitrogens with one attached hydrogen (secondary N) is 1. The van der Waals surface area contributed by atoms with E-state index in [1.165, 1.54) is 0 Å². The van der Waals surface area contributed by atoms with Crippen LogP contribution in [0, 0.1) is 11.3 Å². The highest BCUT2D eigenvalue weighted by Crippen LogP contribution is 2.23. The number of halogens is 1. The predicted molar refractivity (Wildman–Crippen MR) is 69.2 cm³/mol. The Kier molecular flexibility index (Phi) is 2.78. The van der Waals surface area contributed by atoms with Crippen LogP contribution in [-0.4, -0.2) is 15.1 Å². The standard InChI is InChI=1S/C13H7ClN4O/c14-9-3-1-2-8(6-9)12-17-13(19-18-12)11-5-4-10(7-15)16-11/h1-6,16H. The normalized spacial score (nSPS) is 10.3. The van der Waals surface area contributed by atoms with Crippen molar-refractivity contribution in [3.8, 4) is 29.0 Å². The summed E-state index contributed by atoms with van der Waals surface area (Å²) >= 11 is 5.91. The minimum atomic E-state index is 0.330. The van der Waals surface area contributed by atoms with Gasteiger partial charge in [-0.15, -0.1) is 0 Å². The lowest BCUT2D eigenvalue weighted by atomic mass is 10.2. The van der Waals surface area contributed by atoms with E-state index in [9.17, 15) is 0 Å². The average molecular weight is 271 g/mol. The van der Waals surface area contributed by atoms with Gasteiger partial charge in [0.15, 0.2) is 0 Å². The van der Waals surface area contributed by atoms with E-state index >= 15 is 0 Å². The molecule has 6 heteroatoms. The third kappa shape index (κ3) is 2.21. The van der Waals surface area contributed by atoms with Crippen LogP contribution in [0.1, 0.15) is 5.69 Å². The van der Waals surface area contributed by atoms with E-state index in [4.69, 9.17) is 21.4 Å². The lowest BCUT2D eigenvalue weighted by Gasteiger charge is -1.93. The Hall–Kier alpha value is -2.58. The van der Waals surface area contributed by atoms with Gasteiger partial charge in [-0.3, -0.25) is 0 Å². The molecular formula is C13H7ClN4O. The van der Waals surface area contributed by atoms with Crippen molar-refractivity contribution in [2.75, 3.05) is 0 Å². The first-order valence-corrected chi connectivity index (χ1v) is 5.83. The van der Waals surface area contributed by atoms with Crippen molar-refractivity contribution in [2.24, 2.45) is 0 Å². The number of H-pyrrole nitrogens is 1. The van der Waals surface area contributed by atoms with Crippen LogP contribution in [0.25, 0.3) is 23.0 Å². The highest BCUT2D eigenvalue weighted by molar-refractivity contribution is 6.30. The molecule has 19 heavy (non-hydrogen) atoms. The monoisotopic (exact) mass is 270 g/mol. The molecule has 0 fully saturated rings. The maximum atomic E-state index is 8.75. The van der Waals surface area contributed by atoms with E-state index in [1.807, 2.05) is 18.2 Å². The summed E-state index contributed by atoms with van der Waals surface area (Å²) in [6, 6.07) is 12.6. The summed E-state index contributed by atoms with van der Waals surface area (Å²) in [6.45, 7) is 0. The number of rotatable bonds is 2. The zero-order valence-corrected chi connectivity index (χ0v) is 10.3. The molecule has 0 bridgehead atoms. The molecule has 5 nitrogen and oxygen atoms in total. The van der Waals surface area contributed by atoms with Crippen molar-refractivity contribution in [2.45, 2.75) is 0 Å². The fraction of sp³-hybridized carbons (Fsp3) is 0.